The molecule has 3 rings (SSSR count). The summed E-state index contributed by atoms with van der Waals surface area (Å²) in [6.07, 6.45) is 8.66. The second-order valence-electron chi connectivity index (χ2n) is 5.99. The number of hydrogen-bond donors (Lipinski definition) is 0. The molecule has 0 aliphatic rings. The van der Waals surface area contributed by atoms with Crippen LogP contribution in [0.4, 0.5) is 0 Å². The summed E-state index contributed by atoms with van der Waals surface area (Å²) in [5.74, 6) is 3.56. The van der Waals surface area contributed by atoms with Crippen LogP contribution in [-0.4, -0.2) is 22.6 Å². The molecule has 0 saturated carbocycles. The minimum atomic E-state index is -0.191. The Hall–Kier alpha value is -3.23. The Bertz CT molecular complexity index is 1140. The normalized spacial score (nSPS) is 11.3. The summed E-state index contributed by atoms with van der Waals surface area (Å²) < 4.78 is 12.6. The van der Waals surface area contributed by atoms with E-state index >= 15 is 0 Å². The SMILES string of the molecule is C#CCOc1ccc(/C=C(\Cl)c2cc(=O)n3cccc(C)c3n2)cc1OCC. The number of aromatic nitrogens is 2. The first-order valence-corrected chi connectivity index (χ1v) is 9.11. The van der Waals surface area contributed by atoms with Crippen LogP contribution >= 0.6 is 11.6 Å². The molecule has 0 spiro atoms. The van der Waals surface area contributed by atoms with Crippen LogP contribution in [0.5, 0.6) is 11.5 Å². The molecule has 28 heavy (non-hydrogen) atoms. The first-order chi connectivity index (χ1) is 13.5. The Kier molecular flexibility index (Phi) is 6.03. The van der Waals surface area contributed by atoms with Crippen molar-refractivity contribution in [2.75, 3.05) is 13.2 Å². The fourth-order valence-corrected chi connectivity index (χ4v) is 2.95. The molecule has 0 amide bonds. The maximum Gasteiger partial charge on any atom is 0.258 e. The molecule has 3 aromatic rings. The molecule has 0 bridgehead atoms. The lowest BCUT2D eigenvalue weighted by Crippen LogP contribution is -2.15. The minimum Gasteiger partial charge on any atom is -0.490 e. The van der Waals surface area contributed by atoms with Gasteiger partial charge in [0.1, 0.15) is 12.3 Å². The van der Waals surface area contributed by atoms with Gasteiger partial charge in [0, 0.05) is 12.3 Å². The van der Waals surface area contributed by atoms with Crippen LogP contribution in [0.15, 0.2) is 47.4 Å². The Labute approximate surface area is 168 Å². The molecule has 142 valence electrons. The highest BCUT2D eigenvalue weighted by Gasteiger charge is 2.09. The van der Waals surface area contributed by atoms with Crippen molar-refractivity contribution >= 4 is 28.4 Å². The van der Waals surface area contributed by atoms with E-state index in [2.05, 4.69) is 10.9 Å². The molecule has 0 aliphatic carbocycles. The number of pyridine rings is 1. The lowest BCUT2D eigenvalue weighted by molar-refractivity contribution is 0.299. The first kappa shape index (κ1) is 19.5. The molecule has 6 heteroatoms. The smallest absolute Gasteiger partial charge is 0.258 e. The lowest BCUT2D eigenvalue weighted by Gasteiger charge is -2.11. The Morgan fingerprint density at radius 2 is 2.11 bits per heavy atom. The van der Waals surface area contributed by atoms with Gasteiger partial charge in [0.05, 0.1) is 17.3 Å². The van der Waals surface area contributed by atoms with E-state index in [4.69, 9.17) is 27.5 Å². The maximum absolute atomic E-state index is 12.4. The van der Waals surface area contributed by atoms with Gasteiger partial charge < -0.3 is 9.47 Å². The molecule has 2 aromatic heterocycles. The molecule has 2 heterocycles. The minimum absolute atomic E-state index is 0.153. The lowest BCUT2D eigenvalue weighted by atomic mass is 10.1. The standard InChI is InChI=1S/C22H19ClN2O3/c1-4-11-28-19-9-8-16(13-20(19)27-5-2)12-17(23)18-14-21(26)25-10-6-7-15(3)22(25)24-18/h1,6-10,12-14H,5,11H2,2-3H3/b17-12-. The van der Waals surface area contributed by atoms with Gasteiger partial charge >= 0.3 is 0 Å². The molecule has 0 N–H and O–H groups in total. The van der Waals surface area contributed by atoms with E-state index in [0.717, 1.165) is 11.1 Å². The van der Waals surface area contributed by atoms with Gasteiger partial charge in [0.2, 0.25) is 0 Å². The van der Waals surface area contributed by atoms with Gasteiger partial charge in [-0.2, -0.15) is 0 Å². The van der Waals surface area contributed by atoms with E-state index in [1.807, 2.05) is 32.0 Å². The molecule has 0 fully saturated rings. The topological polar surface area (TPSA) is 52.8 Å². The van der Waals surface area contributed by atoms with E-state index in [9.17, 15) is 4.79 Å². The number of aryl methyl sites for hydroxylation is 1. The maximum atomic E-state index is 12.4. The van der Waals surface area contributed by atoms with Crippen LogP contribution in [0, 0.1) is 19.3 Å². The van der Waals surface area contributed by atoms with Crippen molar-refractivity contribution in [1.29, 1.82) is 0 Å². The molecule has 0 unspecified atom stereocenters. The highest BCUT2D eigenvalue weighted by molar-refractivity contribution is 6.51. The Morgan fingerprint density at radius 3 is 2.86 bits per heavy atom. The molecule has 1 aromatic carbocycles. The molecule has 0 aliphatic heterocycles. The number of halogens is 1. The van der Waals surface area contributed by atoms with Crippen molar-refractivity contribution < 1.29 is 9.47 Å². The van der Waals surface area contributed by atoms with Gasteiger partial charge in [-0.15, -0.1) is 6.42 Å². The fraction of sp³-hybridized carbons (Fsp3) is 0.182. The number of terminal acetylenes is 1. The van der Waals surface area contributed by atoms with E-state index in [1.165, 1.54) is 10.5 Å². The van der Waals surface area contributed by atoms with E-state index in [-0.39, 0.29) is 12.2 Å². The molecular weight excluding hydrogens is 376 g/mol. The zero-order valence-electron chi connectivity index (χ0n) is 15.6. The first-order valence-electron chi connectivity index (χ1n) is 8.73. The van der Waals surface area contributed by atoms with Crippen LogP contribution in [0.25, 0.3) is 16.8 Å². The van der Waals surface area contributed by atoms with Crippen LogP contribution in [0.2, 0.25) is 0 Å². The third-order valence-corrected chi connectivity index (χ3v) is 4.31. The van der Waals surface area contributed by atoms with Crippen LogP contribution in [-0.2, 0) is 0 Å². The third-order valence-electron chi connectivity index (χ3n) is 4.00. The third kappa shape index (κ3) is 4.19. The fourth-order valence-electron chi connectivity index (χ4n) is 2.73. The van der Waals surface area contributed by atoms with Crippen molar-refractivity contribution in [3.63, 3.8) is 0 Å². The van der Waals surface area contributed by atoms with E-state index in [0.29, 0.717) is 34.5 Å². The number of nitrogens with zero attached hydrogens (tertiary/aromatic N) is 2. The predicted octanol–water partition coefficient (Wildman–Crippen LogP) is 4.15. The van der Waals surface area contributed by atoms with Gasteiger partial charge in [0.15, 0.2) is 11.5 Å². The quantitative estimate of drug-likeness (QED) is 0.589. The average Bonchev–Trinajstić information content (AvgIpc) is 2.68. The van der Waals surface area contributed by atoms with Crippen molar-refractivity contribution in [2.45, 2.75) is 13.8 Å². The Morgan fingerprint density at radius 1 is 1.29 bits per heavy atom. The monoisotopic (exact) mass is 394 g/mol. The average molecular weight is 395 g/mol. The summed E-state index contributed by atoms with van der Waals surface area (Å²) in [4.78, 5) is 16.9. The van der Waals surface area contributed by atoms with Gasteiger partial charge in [-0.25, -0.2) is 4.98 Å². The number of hydrogen-bond acceptors (Lipinski definition) is 4. The Balaban J connectivity index is 2.00. The number of rotatable bonds is 6. The number of ether oxygens (including phenoxy) is 2. The molecule has 5 nitrogen and oxygen atoms in total. The summed E-state index contributed by atoms with van der Waals surface area (Å²) in [6.45, 7) is 4.41. The number of benzene rings is 1. The van der Waals surface area contributed by atoms with Gasteiger partial charge in [-0.1, -0.05) is 29.7 Å². The van der Waals surface area contributed by atoms with Crippen molar-refractivity contribution in [3.05, 3.63) is 69.8 Å². The largest absolute Gasteiger partial charge is 0.490 e. The van der Waals surface area contributed by atoms with Crippen LogP contribution in [0.3, 0.4) is 0 Å². The predicted molar refractivity (Wildman–Crippen MR) is 112 cm³/mol. The molecular formula is C22H19ClN2O3. The zero-order valence-corrected chi connectivity index (χ0v) is 16.4. The summed E-state index contributed by atoms with van der Waals surface area (Å²) in [6, 6.07) is 10.5. The molecule has 0 radical (unpaired) electrons. The second-order valence-corrected chi connectivity index (χ2v) is 6.40. The summed E-state index contributed by atoms with van der Waals surface area (Å²) in [5, 5.41) is 0.350. The van der Waals surface area contributed by atoms with Crippen LogP contribution < -0.4 is 15.0 Å². The summed E-state index contributed by atoms with van der Waals surface area (Å²) >= 11 is 6.47. The van der Waals surface area contributed by atoms with Crippen molar-refractivity contribution in [2.24, 2.45) is 0 Å². The highest BCUT2D eigenvalue weighted by atomic mass is 35.5. The highest BCUT2D eigenvalue weighted by Crippen LogP contribution is 2.30. The summed E-state index contributed by atoms with van der Waals surface area (Å²) in [5.41, 5.74) is 2.47. The molecule has 0 atom stereocenters. The second kappa shape index (κ2) is 8.64. The van der Waals surface area contributed by atoms with Crippen molar-refractivity contribution in [1.82, 2.24) is 9.38 Å². The summed E-state index contributed by atoms with van der Waals surface area (Å²) in [7, 11) is 0. The zero-order chi connectivity index (χ0) is 20.1. The number of fused-ring (bicyclic) bond motifs is 1. The van der Waals surface area contributed by atoms with Gasteiger partial charge in [0.25, 0.3) is 5.56 Å². The van der Waals surface area contributed by atoms with Crippen molar-refractivity contribution in [3.8, 4) is 23.8 Å². The molecule has 0 saturated heterocycles. The van der Waals surface area contributed by atoms with Gasteiger partial charge in [-0.05, 0) is 49.2 Å². The van der Waals surface area contributed by atoms with E-state index in [1.54, 1.807) is 24.4 Å². The van der Waals surface area contributed by atoms with E-state index < -0.39 is 0 Å². The van der Waals surface area contributed by atoms with Gasteiger partial charge in [-0.3, -0.25) is 9.20 Å². The van der Waals surface area contributed by atoms with Crippen LogP contribution in [0.1, 0.15) is 23.7 Å².